The van der Waals surface area contributed by atoms with Crippen LogP contribution in [0.2, 0.25) is 0 Å². The smallest absolute Gasteiger partial charge is 0.212 e. The molecule has 3 heterocycles. The summed E-state index contributed by atoms with van der Waals surface area (Å²) in [5.74, 6) is 0.608. The molecule has 2 aromatic heterocycles. The van der Waals surface area contributed by atoms with Gasteiger partial charge in [-0.3, -0.25) is 4.68 Å². The zero-order chi connectivity index (χ0) is 14.5. The Morgan fingerprint density at radius 1 is 1.14 bits per heavy atom. The molecule has 0 aromatic carbocycles. The summed E-state index contributed by atoms with van der Waals surface area (Å²) in [5, 5.41) is 8.42. The SMILES string of the molecule is COc1ccc(-c2cn(CCN3CCCCC3)nn2)cn1. The molecule has 3 rings (SSSR count). The zero-order valence-electron chi connectivity index (χ0n) is 12.4. The monoisotopic (exact) mass is 287 g/mol. The van der Waals surface area contributed by atoms with Crippen molar-refractivity contribution in [2.24, 2.45) is 0 Å². The first-order valence-corrected chi connectivity index (χ1v) is 7.48. The minimum atomic E-state index is 0.608. The molecule has 6 nitrogen and oxygen atoms in total. The van der Waals surface area contributed by atoms with Crippen LogP contribution in [-0.4, -0.2) is 51.6 Å². The molecular formula is C15H21N5O. The van der Waals surface area contributed by atoms with Crippen molar-refractivity contribution in [2.45, 2.75) is 25.8 Å². The molecule has 1 fully saturated rings. The molecule has 1 aliphatic rings. The van der Waals surface area contributed by atoms with Crippen LogP contribution >= 0.6 is 0 Å². The Kier molecular flexibility index (Phi) is 4.45. The Bertz CT molecular complexity index is 560. The van der Waals surface area contributed by atoms with Gasteiger partial charge in [0, 0.05) is 24.4 Å². The van der Waals surface area contributed by atoms with Crippen LogP contribution in [0.5, 0.6) is 5.88 Å². The summed E-state index contributed by atoms with van der Waals surface area (Å²) in [5.41, 5.74) is 1.81. The first-order valence-electron chi connectivity index (χ1n) is 7.48. The molecule has 21 heavy (non-hydrogen) atoms. The number of nitrogens with zero attached hydrogens (tertiary/aromatic N) is 5. The van der Waals surface area contributed by atoms with Crippen LogP contribution in [0.1, 0.15) is 19.3 Å². The van der Waals surface area contributed by atoms with Gasteiger partial charge in [0.2, 0.25) is 5.88 Å². The Balaban J connectivity index is 1.59. The Hall–Kier alpha value is -1.95. The second-order valence-electron chi connectivity index (χ2n) is 5.36. The first-order chi connectivity index (χ1) is 10.3. The lowest BCUT2D eigenvalue weighted by Crippen LogP contribution is -2.32. The summed E-state index contributed by atoms with van der Waals surface area (Å²) < 4.78 is 6.97. The van der Waals surface area contributed by atoms with E-state index in [9.17, 15) is 0 Å². The number of aromatic nitrogens is 4. The molecule has 0 unspecified atom stereocenters. The van der Waals surface area contributed by atoms with Gasteiger partial charge >= 0.3 is 0 Å². The van der Waals surface area contributed by atoms with E-state index in [4.69, 9.17) is 4.74 Å². The molecule has 0 saturated carbocycles. The van der Waals surface area contributed by atoms with Crippen molar-refractivity contribution < 1.29 is 4.74 Å². The van der Waals surface area contributed by atoms with Gasteiger partial charge in [0.25, 0.3) is 0 Å². The molecule has 6 heteroatoms. The molecule has 1 saturated heterocycles. The Morgan fingerprint density at radius 3 is 2.71 bits per heavy atom. The highest BCUT2D eigenvalue weighted by molar-refractivity contribution is 5.56. The van der Waals surface area contributed by atoms with E-state index in [0.29, 0.717) is 5.88 Å². The molecule has 0 atom stereocenters. The molecule has 2 aromatic rings. The number of methoxy groups -OCH3 is 1. The van der Waals surface area contributed by atoms with Crippen molar-refractivity contribution in [3.05, 3.63) is 24.5 Å². The highest BCUT2D eigenvalue weighted by Gasteiger charge is 2.10. The number of hydrogen-bond acceptors (Lipinski definition) is 5. The van der Waals surface area contributed by atoms with Crippen LogP contribution in [0.25, 0.3) is 11.3 Å². The minimum Gasteiger partial charge on any atom is -0.481 e. The summed E-state index contributed by atoms with van der Waals surface area (Å²) in [6, 6.07) is 3.78. The van der Waals surface area contributed by atoms with Gasteiger partial charge in [-0.25, -0.2) is 4.98 Å². The van der Waals surface area contributed by atoms with Crippen molar-refractivity contribution in [1.82, 2.24) is 24.9 Å². The lowest BCUT2D eigenvalue weighted by Gasteiger charge is -2.25. The number of likely N-dealkylation sites (tertiary alicyclic amines) is 1. The third-order valence-corrected chi connectivity index (χ3v) is 3.87. The van der Waals surface area contributed by atoms with E-state index in [0.717, 1.165) is 24.3 Å². The molecule has 0 spiro atoms. The second kappa shape index (κ2) is 6.67. The lowest BCUT2D eigenvalue weighted by molar-refractivity contribution is 0.217. The van der Waals surface area contributed by atoms with Gasteiger partial charge in [-0.15, -0.1) is 5.10 Å². The van der Waals surface area contributed by atoms with E-state index in [-0.39, 0.29) is 0 Å². The van der Waals surface area contributed by atoms with Gasteiger partial charge in [0.1, 0.15) is 5.69 Å². The van der Waals surface area contributed by atoms with Gasteiger partial charge < -0.3 is 9.64 Å². The Morgan fingerprint density at radius 2 is 2.00 bits per heavy atom. The molecule has 0 bridgehead atoms. The van der Waals surface area contributed by atoms with Crippen LogP contribution in [0, 0.1) is 0 Å². The number of pyridine rings is 1. The highest BCUT2D eigenvalue weighted by Crippen LogP contribution is 2.17. The van der Waals surface area contributed by atoms with E-state index in [1.54, 1.807) is 13.3 Å². The molecule has 0 radical (unpaired) electrons. The summed E-state index contributed by atoms with van der Waals surface area (Å²) in [7, 11) is 1.61. The van der Waals surface area contributed by atoms with Crippen molar-refractivity contribution >= 4 is 0 Å². The van der Waals surface area contributed by atoms with Crippen LogP contribution in [-0.2, 0) is 6.54 Å². The van der Waals surface area contributed by atoms with E-state index in [1.807, 2.05) is 23.0 Å². The Labute approximate surface area is 124 Å². The molecule has 0 aliphatic carbocycles. The van der Waals surface area contributed by atoms with E-state index in [1.165, 1.54) is 32.4 Å². The predicted molar refractivity (Wildman–Crippen MR) is 80.1 cm³/mol. The topological polar surface area (TPSA) is 56.1 Å². The van der Waals surface area contributed by atoms with Gasteiger partial charge in [-0.05, 0) is 32.0 Å². The number of piperidine rings is 1. The maximum Gasteiger partial charge on any atom is 0.212 e. The molecule has 112 valence electrons. The molecule has 0 N–H and O–H groups in total. The van der Waals surface area contributed by atoms with Crippen molar-refractivity contribution in [3.8, 4) is 17.1 Å². The summed E-state index contributed by atoms with van der Waals surface area (Å²) in [6.07, 6.45) is 7.75. The maximum atomic E-state index is 5.06. The molecular weight excluding hydrogens is 266 g/mol. The van der Waals surface area contributed by atoms with Crippen LogP contribution in [0.15, 0.2) is 24.5 Å². The van der Waals surface area contributed by atoms with E-state index >= 15 is 0 Å². The van der Waals surface area contributed by atoms with E-state index < -0.39 is 0 Å². The van der Waals surface area contributed by atoms with Gasteiger partial charge in [0.15, 0.2) is 0 Å². The van der Waals surface area contributed by atoms with Gasteiger partial charge in [0.05, 0.1) is 19.9 Å². The predicted octanol–water partition coefficient (Wildman–Crippen LogP) is 1.83. The third-order valence-electron chi connectivity index (χ3n) is 3.87. The number of hydrogen-bond donors (Lipinski definition) is 0. The van der Waals surface area contributed by atoms with Gasteiger partial charge in [-0.1, -0.05) is 11.6 Å². The average molecular weight is 287 g/mol. The lowest BCUT2D eigenvalue weighted by atomic mass is 10.1. The fourth-order valence-corrected chi connectivity index (χ4v) is 2.62. The first kappa shape index (κ1) is 14.0. The fourth-order valence-electron chi connectivity index (χ4n) is 2.62. The van der Waals surface area contributed by atoms with Crippen molar-refractivity contribution in [2.75, 3.05) is 26.7 Å². The van der Waals surface area contributed by atoms with Crippen LogP contribution in [0.3, 0.4) is 0 Å². The molecule has 0 amide bonds. The average Bonchev–Trinajstić information content (AvgIpc) is 3.03. The van der Waals surface area contributed by atoms with Crippen LogP contribution < -0.4 is 4.74 Å². The largest absolute Gasteiger partial charge is 0.481 e. The quantitative estimate of drug-likeness (QED) is 0.840. The standard InChI is InChI=1S/C15H21N5O/c1-21-15-6-5-13(11-16-15)14-12-20(18-17-14)10-9-19-7-3-2-4-8-19/h5-6,11-12H,2-4,7-10H2,1H3. The maximum absolute atomic E-state index is 5.06. The van der Waals surface area contributed by atoms with Crippen molar-refractivity contribution in [3.63, 3.8) is 0 Å². The fraction of sp³-hybridized carbons (Fsp3) is 0.533. The van der Waals surface area contributed by atoms with Crippen molar-refractivity contribution in [1.29, 1.82) is 0 Å². The van der Waals surface area contributed by atoms with Crippen LogP contribution in [0.4, 0.5) is 0 Å². The minimum absolute atomic E-state index is 0.608. The number of rotatable bonds is 5. The van der Waals surface area contributed by atoms with Gasteiger partial charge in [-0.2, -0.15) is 0 Å². The van der Waals surface area contributed by atoms with E-state index in [2.05, 4.69) is 20.2 Å². The highest BCUT2D eigenvalue weighted by atomic mass is 16.5. The second-order valence-corrected chi connectivity index (χ2v) is 5.36. The molecule has 1 aliphatic heterocycles. The zero-order valence-corrected chi connectivity index (χ0v) is 12.4. The number of ether oxygens (including phenoxy) is 1. The summed E-state index contributed by atoms with van der Waals surface area (Å²) >= 11 is 0. The third kappa shape index (κ3) is 3.58. The summed E-state index contributed by atoms with van der Waals surface area (Å²) in [6.45, 7) is 4.36. The normalized spacial score (nSPS) is 16.0. The summed E-state index contributed by atoms with van der Waals surface area (Å²) in [4.78, 5) is 6.69.